The number of hydrogen-bond donors (Lipinski definition) is 1. The molecule has 4 heteroatoms. The number of nitrogens with one attached hydrogen (secondary N) is 1. The zero-order chi connectivity index (χ0) is 24.7. The summed E-state index contributed by atoms with van der Waals surface area (Å²) in [6.45, 7) is 16.0. The van der Waals surface area contributed by atoms with Crippen LogP contribution in [0.25, 0.3) is 0 Å². The number of hydrogen-bond acceptors (Lipinski definition) is 1. The number of fused-ring (bicyclic) bond motifs is 5. The van der Waals surface area contributed by atoms with Crippen LogP contribution in [0.5, 0.6) is 0 Å². The van der Waals surface area contributed by atoms with E-state index in [1.54, 1.807) is 0 Å². The largest absolute Gasteiger partial charge is 1.00 e. The van der Waals surface area contributed by atoms with Crippen molar-refractivity contribution in [2.24, 2.45) is 46.3 Å². The number of rotatable bonds is 8. The first-order valence-corrected chi connectivity index (χ1v) is 15.9. The lowest BCUT2D eigenvalue weighted by molar-refractivity contribution is -0.913. The summed E-state index contributed by atoms with van der Waals surface area (Å²) in [6, 6.07) is 0. The first kappa shape index (κ1) is 29.2. The molecule has 4 saturated carbocycles. The van der Waals surface area contributed by atoms with Crippen LogP contribution in [0.4, 0.5) is 0 Å². The number of likely N-dealkylation sites (N-methyl/N-ethyl adjacent to an activating group) is 1. The Hall–Kier alpha value is 0.160. The highest BCUT2D eigenvalue weighted by Gasteiger charge is 2.60. The summed E-state index contributed by atoms with van der Waals surface area (Å²) in [6.07, 6.45) is 19.4. The SMILES string of the molecule is CC[N+]1(CCNC(=O)CCC(C)[C@H]2CC[C@H]3[C@@H]4CCC5CCCC[C@]5(C)[C@H]4CC[C@]23C)CCCC1.[I-]. The van der Waals surface area contributed by atoms with E-state index in [2.05, 4.69) is 33.0 Å². The second kappa shape index (κ2) is 11.7. The molecule has 1 N–H and O–H groups in total. The lowest BCUT2D eigenvalue weighted by Crippen LogP contribution is -3.00. The zero-order valence-corrected chi connectivity index (χ0v) is 26.3. The highest BCUT2D eigenvalue weighted by atomic mass is 127. The van der Waals surface area contributed by atoms with Crippen molar-refractivity contribution < 1.29 is 33.3 Å². The minimum atomic E-state index is 0. The van der Waals surface area contributed by atoms with Crippen molar-refractivity contribution in [2.45, 2.75) is 118 Å². The van der Waals surface area contributed by atoms with Gasteiger partial charge in [-0.05, 0) is 111 Å². The van der Waals surface area contributed by atoms with Crippen LogP contribution in [-0.2, 0) is 4.79 Å². The molecule has 0 spiro atoms. The van der Waals surface area contributed by atoms with E-state index in [1.165, 1.54) is 101 Å². The normalized spacial score (nSPS) is 41.9. The number of amides is 1. The van der Waals surface area contributed by atoms with Crippen LogP contribution in [0.3, 0.4) is 0 Å². The van der Waals surface area contributed by atoms with E-state index in [-0.39, 0.29) is 24.0 Å². The predicted molar refractivity (Wildman–Crippen MR) is 146 cm³/mol. The molecule has 1 aliphatic heterocycles. The number of quaternary nitrogens is 1. The van der Waals surface area contributed by atoms with Gasteiger partial charge in [0.1, 0.15) is 0 Å². The second-order valence-electron chi connectivity index (χ2n) is 14.5. The van der Waals surface area contributed by atoms with Gasteiger partial charge in [0.25, 0.3) is 0 Å². The quantitative estimate of drug-likeness (QED) is 0.323. The fraction of sp³-hybridized carbons (Fsp3) is 0.969. The Morgan fingerprint density at radius 1 is 0.917 bits per heavy atom. The van der Waals surface area contributed by atoms with Crippen LogP contribution >= 0.6 is 0 Å². The molecule has 1 amide bonds. The van der Waals surface area contributed by atoms with E-state index in [0.29, 0.717) is 22.7 Å². The summed E-state index contributed by atoms with van der Waals surface area (Å²) >= 11 is 0. The summed E-state index contributed by atoms with van der Waals surface area (Å²) in [7, 11) is 0. The van der Waals surface area contributed by atoms with Crippen LogP contribution in [-0.4, -0.2) is 43.1 Å². The number of carbonyl (C=O) groups is 1. The first-order valence-electron chi connectivity index (χ1n) is 15.9. The average molecular weight is 613 g/mol. The van der Waals surface area contributed by atoms with Crippen LogP contribution in [0.15, 0.2) is 0 Å². The molecular formula is C32H57IN2O. The number of likely N-dealkylation sites (tertiary alicyclic amines) is 1. The molecule has 5 rings (SSSR count). The lowest BCUT2D eigenvalue weighted by Gasteiger charge is -2.61. The predicted octanol–water partition coefficient (Wildman–Crippen LogP) is 4.20. The molecule has 3 nitrogen and oxygen atoms in total. The van der Waals surface area contributed by atoms with Gasteiger partial charge >= 0.3 is 0 Å². The van der Waals surface area contributed by atoms with E-state index in [4.69, 9.17) is 0 Å². The molecule has 0 aromatic heterocycles. The smallest absolute Gasteiger partial charge is 0.220 e. The third-order valence-electron chi connectivity index (χ3n) is 13.3. The van der Waals surface area contributed by atoms with Gasteiger partial charge in [0.05, 0.1) is 32.7 Å². The van der Waals surface area contributed by atoms with Crippen molar-refractivity contribution in [3.8, 4) is 0 Å². The van der Waals surface area contributed by atoms with E-state index in [1.807, 2.05) is 0 Å². The van der Waals surface area contributed by atoms with E-state index in [0.717, 1.165) is 55.5 Å². The topological polar surface area (TPSA) is 29.1 Å². The van der Waals surface area contributed by atoms with Crippen molar-refractivity contribution >= 4 is 5.91 Å². The summed E-state index contributed by atoms with van der Waals surface area (Å²) in [5.41, 5.74) is 1.18. The molecule has 0 bridgehead atoms. The summed E-state index contributed by atoms with van der Waals surface area (Å²) in [5, 5.41) is 3.29. The Morgan fingerprint density at radius 3 is 2.42 bits per heavy atom. The Morgan fingerprint density at radius 2 is 1.67 bits per heavy atom. The van der Waals surface area contributed by atoms with Crippen molar-refractivity contribution in [3.63, 3.8) is 0 Å². The Labute approximate surface area is 240 Å². The Kier molecular flexibility index (Phi) is 9.49. The van der Waals surface area contributed by atoms with Crippen molar-refractivity contribution in [1.29, 1.82) is 0 Å². The van der Waals surface area contributed by atoms with Gasteiger partial charge in [-0.25, -0.2) is 0 Å². The number of halogens is 1. The fourth-order valence-electron chi connectivity index (χ4n) is 11.1. The number of nitrogens with zero attached hydrogens (tertiary/aromatic N) is 1. The van der Waals surface area contributed by atoms with Gasteiger partial charge in [-0.3, -0.25) is 4.79 Å². The van der Waals surface area contributed by atoms with E-state index in [9.17, 15) is 4.79 Å². The Bertz CT molecular complexity index is 750. The van der Waals surface area contributed by atoms with E-state index >= 15 is 0 Å². The van der Waals surface area contributed by atoms with Crippen LogP contribution < -0.4 is 29.3 Å². The van der Waals surface area contributed by atoms with E-state index < -0.39 is 0 Å². The average Bonchev–Trinajstić information content (AvgIpc) is 3.47. The van der Waals surface area contributed by atoms with Gasteiger partial charge in [-0.1, -0.05) is 33.6 Å². The summed E-state index contributed by atoms with van der Waals surface area (Å²) < 4.78 is 1.22. The van der Waals surface area contributed by atoms with Crippen LogP contribution in [0.1, 0.15) is 118 Å². The molecule has 5 fully saturated rings. The summed E-state index contributed by atoms with van der Waals surface area (Å²) in [5.74, 6) is 5.79. The maximum Gasteiger partial charge on any atom is 0.220 e. The van der Waals surface area contributed by atoms with Crippen molar-refractivity contribution in [3.05, 3.63) is 0 Å². The standard InChI is InChI=1S/C32H56N2O.HI/c1-5-34(21-8-9-22-34)23-20-33-30(35)16-11-24(2)27-14-15-28-26-13-12-25-10-6-7-18-31(25,3)29(26)17-19-32(27,28)4;/h24-29H,5-23H2,1-4H3;1H/t24?,25?,26-,27+,28-,29-,31-,32+;/m0./s1. The molecule has 208 valence electrons. The molecule has 0 aromatic rings. The maximum absolute atomic E-state index is 12.7. The summed E-state index contributed by atoms with van der Waals surface area (Å²) in [4.78, 5) is 12.7. The molecule has 5 aliphatic rings. The monoisotopic (exact) mass is 612 g/mol. The first-order chi connectivity index (χ1) is 16.8. The number of carbonyl (C=O) groups excluding carboxylic acids is 1. The molecule has 36 heavy (non-hydrogen) atoms. The fourth-order valence-corrected chi connectivity index (χ4v) is 11.1. The molecule has 4 aliphatic carbocycles. The van der Waals surface area contributed by atoms with Gasteiger partial charge in [-0.2, -0.15) is 0 Å². The molecule has 8 atom stereocenters. The van der Waals surface area contributed by atoms with Crippen LogP contribution in [0.2, 0.25) is 0 Å². The van der Waals surface area contributed by atoms with Crippen LogP contribution in [0, 0.1) is 46.3 Å². The molecule has 0 radical (unpaired) electrons. The van der Waals surface area contributed by atoms with Crippen molar-refractivity contribution in [1.82, 2.24) is 5.32 Å². The highest BCUT2D eigenvalue weighted by Crippen LogP contribution is 2.68. The minimum absolute atomic E-state index is 0. The minimum Gasteiger partial charge on any atom is -1.00 e. The van der Waals surface area contributed by atoms with Gasteiger partial charge in [0, 0.05) is 19.3 Å². The lowest BCUT2D eigenvalue weighted by atomic mass is 9.44. The van der Waals surface area contributed by atoms with Gasteiger partial charge in [0.15, 0.2) is 0 Å². The molecule has 2 unspecified atom stereocenters. The Balaban J connectivity index is 0.00000304. The molecule has 0 aromatic carbocycles. The third kappa shape index (κ3) is 5.30. The molecule has 1 heterocycles. The molecule has 1 saturated heterocycles. The molecular weight excluding hydrogens is 555 g/mol. The highest BCUT2D eigenvalue weighted by molar-refractivity contribution is 5.75. The van der Waals surface area contributed by atoms with Gasteiger partial charge in [-0.15, -0.1) is 0 Å². The van der Waals surface area contributed by atoms with Gasteiger partial charge < -0.3 is 33.8 Å². The van der Waals surface area contributed by atoms with Crippen molar-refractivity contribution in [2.75, 3.05) is 32.7 Å². The maximum atomic E-state index is 12.7. The zero-order valence-electron chi connectivity index (χ0n) is 24.1. The third-order valence-corrected chi connectivity index (χ3v) is 13.3. The van der Waals surface area contributed by atoms with Gasteiger partial charge in [0.2, 0.25) is 5.91 Å². The second-order valence-corrected chi connectivity index (χ2v) is 14.5.